The maximum absolute atomic E-state index is 12.9. The zero-order chi connectivity index (χ0) is 10.6. The van der Waals surface area contributed by atoms with Crippen molar-refractivity contribution >= 4 is 5.97 Å². The highest BCUT2D eigenvalue weighted by Gasteiger charge is 2.15. The molecule has 0 N–H and O–H groups in total. The minimum Gasteiger partial charge on any atom is -0.461 e. The lowest BCUT2D eigenvalue weighted by Gasteiger charge is -2.02. The minimum atomic E-state index is -0.941. The molecule has 1 rings (SSSR count). The smallest absolute Gasteiger partial charge is 0.360 e. The lowest BCUT2D eigenvalue weighted by molar-refractivity contribution is 0.0490. The average molecular weight is 201 g/mol. The van der Waals surface area contributed by atoms with E-state index in [1.807, 2.05) is 0 Å². The highest BCUT2D eigenvalue weighted by Crippen LogP contribution is 2.06. The first-order valence-electron chi connectivity index (χ1n) is 4.14. The number of carbonyl (C=O) groups excluding carboxylic acids is 1. The van der Waals surface area contributed by atoms with Crippen LogP contribution in [0.1, 0.15) is 23.8 Å². The van der Waals surface area contributed by atoms with Crippen LogP contribution in [0.5, 0.6) is 0 Å². The van der Waals surface area contributed by atoms with E-state index in [4.69, 9.17) is 0 Å². The summed E-state index contributed by atoms with van der Waals surface area (Å²) in [5.41, 5.74) is -0.613. The van der Waals surface area contributed by atoms with Gasteiger partial charge in [0, 0.05) is 0 Å². The second-order valence-corrected chi connectivity index (χ2v) is 2.60. The van der Waals surface area contributed by atoms with E-state index in [0.717, 1.165) is 12.1 Å². The van der Waals surface area contributed by atoms with Gasteiger partial charge in [-0.2, -0.15) is 4.39 Å². The van der Waals surface area contributed by atoms with Crippen molar-refractivity contribution in [3.63, 3.8) is 0 Å². The Morgan fingerprint density at radius 3 is 2.86 bits per heavy atom. The molecule has 0 spiro atoms. The number of carbonyl (C=O) groups is 1. The number of halogens is 2. The van der Waals surface area contributed by atoms with Crippen LogP contribution in [-0.4, -0.2) is 17.6 Å². The molecule has 0 aromatic carbocycles. The summed E-state index contributed by atoms with van der Waals surface area (Å²) < 4.78 is 30.1. The zero-order valence-corrected chi connectivity index (χ0v) is 7.59. The van der Waals surface area contributed by atoms with Gasteiger partial charge in [-0.3, -0.25) is 0 Å². The van der Waals surface area contributed by atoms with Gasteiger partial charge in [0.1, 0.15) is 0 Å². The second kappa shape index (κ2) is 4.64. The van der Waals surface area contributed by atoms with E-state index in [1.165, 1.54) is 0 Å². The van der Waals surface area contributed by atoms with E-state index in [-0.39, 0.29) is 6.61 Å². The molecule has 5 heteroatoms. The number of ether oxygens (including phenoxy) is 1. The van der Waals surface area contributed by atoms with E-state index < -0.39 is 23.4 Å². The predicted molar refractivity (Wildman–Crippen MR) is 44.7 cm³/mol. The molecule has 0 fully saturated rings. The van der Waals surface area contributed by atoms with Crippen molar-refractivity contribution in [3.8, 4) is 0 Å². The molecule has 76 valence electrons. The third kappa shape index (κ3) is 2.48. The summed E-state index contributed by atoms with van der Waals surface area (Å²) in [7, 11) is 0. The molecular weight excluding hydrogens is 192 g/mol. The number of pyridine rings is 1. The Hall–Kier alpha value is -1.52. The number of hydrogen-bond donors (Lipinski definition) is 0. The van der Waals surface area contributed by atoms with E-state index in [0.29, 0.717) is 6.42 Å². The van der Waals surface area contributed by atoms with Crippen LogP contribution >= 0.6 is 0 Å². The summed E-state index contributed by atoms with van der Waals surface area (Å²) in [5, 5.41) is 0. The molecule has 0 aliphatic rings. The maximum Gasteiger partial charge on any atom is 0.360 e. The summed E-state index contributed by atoms with van der Waals surface area (Å²) in [6, 6.07) is 1.68. The lowest BCUT2D eigenvalue weighted by atomic mass is 10.3. The normalized spacial score (nSPS) is 9.93. The monoisotopic (exact) mass is 201 g/mol. The minimum absolute atomic E-state index is 0.163. The number of rotatable bonds is 3. The summed E-state index contributed by atoms with van der Waals surface area (Å²) >= 11 is 0. The Morgan fingerprint density at radius 2 is 2.21 bits per heavy atom. The Bertz CT molecular complexity index is 342. The van der Waals surface area contributed by atoms with E-state index in [2.05, 4.69) is 9.72 Å². The molecule has 0 amide bonds. The van der Waals surface area contributed by atoms with Crippen LogP contribution in [0.3, 0.4) is 0 Å². The third-order valence-electron chi connectivity index (χ3n) is 1.44. The third-order valence-corrected chi connectivity index (χ3v) is 1.44. The number of hydrogen-bond acceptors (Lipinski definition) is 3. The molecule has 3 nitrogen and oxygen atoms in total. The van der Waals surface area contributed by atoms with Crippen molar-refractivity contribution < 1.29 is 18.3 Å². The molecule has 1 aromatic rings. The van der Waals surface area contributed by atoms with Gasteiger partial charge in [-0.05, 0) is 18.6 Å². The highest BCUT2D eigenvalue weighted by molar-refractivity contribution is 5.87. The fourth-order valence-corrected chi connectivity index (χ4v) is 0.825. The number of nitrogens with zero attached hydrogens (tertiary/aromatic N) is 1. The van der Waals surface area contributed by atoms with Crippen LogP contribution in [0.4, 0.5) is 8.78 Å². The average Bonchev–Trinajstić information content (AvgIpc) is 2.18. The molecule has 1 heterocycles. The molecule has 0 unspecified atom stereocenters. The molecule has 0 radical (unpaired) electrons. The quantitative estimate of drug-likeness (QED) is 0.554. The van der Waals surface area contributed by atoms with E-state index >= 15 is 0 Å². The summed E-state index contributed by atoms with van der Waals surface area (Å²) in [6.07, 6.45) is 0.614. The Labute approximate surface area is 79.7 Å². The van der Waals surface area contributed by atoms with Gasteiger partial charge >= 0.3 is 5.97 Å². The first-order chi connectivity index (χ1) is 6.65. The van der Waals surface area contributed by atoms with Gasteiger partial charge < -0.3 is 4.74 Å². The van der Waals surface area contributed by atoms with Crippen molar-refractivity contribution in [2.24, 2.45) is 0 Å². The summed E-state index contributed by atoms with van der Waals surface area (Å²) in [4.78, 5) is 14.2. The molecular formula is C9H9F2NO2. The fraction of sp³-hybridized carbons (Fsp3) is 0.333. The number of aromatic nitrogens is 1. The van der Waals surface area contributed by atoms with Crippen LogP contribution in [0.2, 0.25) is 0 Å². The topological polar surface area (TPSA) is 39.2 Å². The first-order valence-corrected chi connectivity index (χ1v) is 4.14. The standard InChI is InChI=1S/C9H9F2NO2/c1-2-5-14-9(13)8-6(10)3-4-7(11)12-8/h3-4H,2,5H2,1H3. The fourth-order valence-electron chi connectivity index (χ4n) is 0.825. The molecule has 1 aromatic heterocycles. The molecule has 0 bridgehead atoms. The van der Waals surface area contributed by atoms with Crippen molar-refractivity contribution in [1.29, 1.82) is 0 Å². The van der Waals surface area contributed by atoms with E-state index in [1.54, 1.807) is 6.92 Å². The van der Waals surface area contributed by atoms with Gasteiger partial charge in [-0.25, -0.2) is 14.2 Å². The van der Waals surface area contributed by atoms with Crippen LogP contribution in [0, 0.1) is 11.8 Å². The van der Waals surface area contributed by atoms with Crippen molar-refractivity contribution in [1.82, 2.24) is 4.98 Å². The molecule has 0 aliphatic carbocycles. The van der Waals surface area contributed by atoms with Crippen molar-refractivity contribution in [3.05, 3.63) is 29.6 Å². The Balaban J connectivity index is 2.83. The van der Waals surface area contributed by atoms with Gasteiger partial charge in [0.05, 0.1) is 6.61 Å². The molecule has 14 heavy (non-hydrogen) atoms. The Kier molecular flexibility index (Phi) is 3.50. The van der Waals surface area contributed by atoms with Crippen LogP contribution in [-0.2, 0) is 4.74 Å². The summed E-state index contributed by atoms with van der Waals surface area (Å²) in [5.74, 6) is -2.73. The highest BCUT2D eigenvalue weighted by atomic mass is 19.1. The SMILES string of the molecule is CCCOC(=O)c1nc(F)ccc1F. The molecule has 0 atom stereocenters. The van der Waals surface area contributed by atoms with Crippen molar-refractivity contribution in [2.75, 3.05) is 6.61 Å². The van der Waals surface area contributed by atoms with Gasteiger partial charge in [0.15, 0.2) is 11.5 Å². The van der Waals surface area contributed by atoms with E-state index in [9.17, 15) is 13.6 Å². The first kappa shape index (κ1) is 10.6. The van der Waals surface area contributed by atoms with Gasteiger partial charge in [0.25, 0.3) is 0 Å². The molecule has 0 saturated carbocycles. The number of esters is 1. The zero-order valence-electron chi connectivity index (χ0n) is 7.59. The predicted octanol–water partition coefficient (Wildman–Crippen LogP) is 1.93. The maximum atomic E-state index is 12.9. The van der Waals surface area contributed by atoms with Gasteiger partial charge in [0.2, 0.25) is 5.95 Å². The van der Waals surface area contributed by atoms with Crippen LogP contribution < -0.4 is 0 Å². The lowest BCUT2D eigenvalue weighted by Crippen LogP contribution is -2.11. The van der Waals surface area contributed by atoms with Gasteiger partial charge in [-0.1, -0.05) is 6.92 Å². The molecule has 0 saturated heterocycles. The Morgan fingerprint density at radius 1 is 1.50 bits per heavy atom. The molecule has 0 aliphatic heterocycles. The largest absolute Gasteiger partial charge is 0.461 e. The van der Waals surface area contributed by atoms with Crippen LogP contribution in [0.25, 0.3) is 0 Å². The van der Waals surface area contributed by atoms with Gasteiger partial charge in [-0.15, -0.1) is 0 Å². The summed E-state index contributed by atoms with van der Waals surface area (Å²) in [6.45, 7) is 1.96. The van der Waals surface area contributed by atoms with Crippen LogP contribution in [0.15, 0.2) is 12.1 Å². The van der Waals surface area contributed by atoms with Crippen molar-refractivity contribution in [2.45, 2.75) is 13.3 Å². The second-order valence-electron chi connectivity index (χ2n) is 2.60.